The Labute approximate surface area is 121 Å². The van der Waals surface area contributed by atoms with Gasteiger partial charge in [-0.25, -0.2) is 4.79 Å². The van der Waals surface area contributed by atoms with Gasteiger partial charge in [0.2, 0.25) is 5.91 Å². The highest BCUT2D eigenvalue weighted by molar-refractivity contribution is 5.78. The highest BCUT2D eigenvalue weighted by Crippen LogP contribution is 2.04. The third-order valence-corrected chi connectivity index (χ3v) is 3.53. The summed E-state index contributed by atoms with van der Waals surface area (Å²) in [7, 11) is 1.85. The topological polar surface area (TPSA) is 53.1 Å². The number of likely N-dealkylation sites (N-methyl/N-ethyl adjacent to an activating group) is 1. The SMILES string of the molecule is CCCCN(C)C(=O)CN1CCN(C(=O)OCC)CC1. The van der Waals surface area contributed by atoms with Crippen molar-refractivity contribution in [1.29, 1.82) is 0 Å². The van der Waals surface area contributed by atoms with E-state index in [9.17, 15) is 9.59 Å². The van der Waals surface area contributed by atoms with Crippen molar-refractivity contribution >= 4 is 12.0 Å². The fourth-order valence-corrected chi connectivity index (χ4v) is 2.14. The molecule has 0 atom stereocenters. The van der Waals surface area contributed by atoms with Crippen molar-refractivity contribution in [3.05, 3.63) is 0 Å². The number of rotatable bonds is 6. The molecular weight excluding hydrogens is 258 g/mol. The van der Waals surface area contributed by atoms with Gasteiger partial charge in [-0.2, -0.15) is 0 Å². The van der Waals surface area contributed by atoms with E-state index in [1.54, 1.807) is 16.7 Å². The number of carbonyl (C=O) groups is 2. The molecule has 0 aromatic rings. The van der Waals surface area contributed by atoms with E-state index in [2.05, 4.69) is 11.8 Å². The van der Waals surface area contributed by atoms with E-state index in [4.69, 9.17) is 4.74 Å². The van der Waals surface area contributed by atoms with Crippen molar-refractivity contribution in [2.45, 2.75) is 26.7 Å². The summed E-state index contributed by atoms with van der Waals surface area (Å²) in [6, 6.07) is 0. The molecule has 2 amide bonds. The molecule has 0 spiro atoms. The average molecular weight is 285 g/mol. The van der Waals surface area contributed by atoms with Crippen LogP contribution in [0.5, 0.6) is 0 Å². The largest absolute Gasteiger partial charge is 0.450 e. The molecule has 1 heterocycles. The molecule has 0 unspecified atom stereocenters. The lowest BCUT2D eigenvalue weighted by molar-refractivity contribution is -0.131. The molecule has 116 valence electrons. The fourth-order valence-electron chi connectivity index (χ4n) is 2.14. The minimum atomic E-state index is -0.251. The number of amides is 2. The highest BCUT2D eigenvalue weighted by atomic mass is 16.6. The molecule has 0 aromatic carbocycles. The molecule has 1 fully saturated rings. The zero-order valence-corrected chi connectivity index (χ0v) is 12.9. The number of piperazine rings is 1. The highest BCUT2D eigenvalue weighted by Gasteiger charge is 2.23. The van der Waals surface area contributed by atoms with Gasteiger partial charge >= 0.3 is 6.09 Å². The van der Waals surface area contributed by atoms with Gasteiger partial charge in [-0.1, -0.05) is 13.3 Å². The van der Waals surface area contributed by atoms with E-state index in [-0.39, 0.29) is 12.0 Å². The normalized spacial score (nSPS) is 16.1. The van der Waals surface area contributed by atoms with Crippen LogP contribution < -0.4 is 0 Å². The summed E-state index contributed by atoms with van der Waals surface area (Å²) < 4.78 is 4.97. The molecular formula is C14H27N3O3. The third-order valence-electron chi connectivity index (χ3n) is 3.53. The van der Waals surface area contributed by atoms with Crippen LogP contribution >= 0.6 is 0 Å². The first-order valence-corrected chi connectivity index (χ1v) is 7.46. The maximum atomic E-state index is 12.0. The van der Waals surface area contributed by atoms with Crippen LogP contribution in [0.25, 0.3) is 0 Å². The second-order valence-corrected chi connectivity index (χ2v) is 5.13. The quantitative estimate of drug-likeness (QED) is 0.731. The zero-order valence-electron chi connectivity index (χ0n) is 12.9. The number of hydrogen-bond donors (Lipinski definition) is 0. The lowest BCUT2D eigenvalue weighted by atomic mass is 10.3. The Morgan fingerprint density at radius 2 is 1.80 bits per heavy atom. The standard InChI is InChI=1S/C14H27N3O3/c1-4-6-7-15(3)13(18)12-16-8-10-17(11-9-16)14(19)20-5-2/h4-12H2,1-3H3. The van der Waals surface area contributed by atoms with Gasteiger partial charge in [-0.3, -0.25) is 9.69 Å². The lowest BCUT2D eigenvalue weighted by Gasteiger charge is -2.34. The van der Waals surface area contributed by atoms with Crippen LogP contribution in [-0.2, 0) is 9.53 Å². The van der Waals surface area contributed by atoms with Crippen LogP contribution in [0.1, 0.15) is 26.7 Å². The Hall–Kier alpha value is -1.30. The zero-order chi connectivity index (χ0) is 15.0. The summed E-state index contributed by atoms with van der Waals surface area (Å²) >= 11 is 0. The molecule has 1 rings (SSSR count). The molecule has 1 saturated heterocycles. The van der Waals surface area contributed by atoms with E-state index in [1.807, 2.05) is 7.05 Å². The van der Waals surface area contributed by atoms with Crippen molar-refractivity contribution in [3.63, 3.8) is 0 Å². The average Bonchev–Trinajstić information content (AvgIpc) is 2.45. The summed E-state index contributed by atoms with van der Waals surface area (Å²) in [5, 5.41) is 0. The Kier molecular flexibility index (Phi) is 7.36. The summed E-state index contributed by atoms with van der Waals surface area (Å²) in [4.78, 5) is 29.2. The van der Waals surface area contributed by atoms with Gasteiger partial charge in [0.1, 0.15) is 0 Å². The summed E-state index contributed by atoms with van der Waals surface area (Å²) in [6.45, 7) is 8.30. The molecule has 20 heavy (non-hydrogen) atoms. The number of unbranched alkanes of at least 4 members (excludes halogenated alkanes) is 1. The second-order valence-electron chi connectivity index (χ2n) is 5.13. The van der Waals surface area contributed by atoms with Gasteiger partial charge < -0.3 is 14.5 Å². The van der Waals surface area contributed by atoms with Crippen LogP contribution in [0.2, 0.25) is 0 Å². The second kappa shape index (κ2) is 8.79. The molecule has 1 aliphatic rings. The Morgan fingerprint density at radius 3 is 2.35 bits per heavy atom. The minimum absolute atomic E-state index is 0.156. The van der Waals surface area contributed by atoms with Crippen molar-refractivity contribution in [3.8, 4) is 0 Å². The minimum Gasteiger partial charge on any atom is -0.450 e. The predicted octanol–water partition coefficient (Wildman–Crippen LogP) is 1.02. The van der Waals surface area contributed by atoms with E-state index < -0.39 is 0 Å². The van der Waals surface area contributed by atoms with E-state index in [0.29, 0.717) is 26.2 Å². The number of ether oxygens (including phenoxy) is 1. The molecule has 6 nitrogen and oxygen atoms in total. The van der Waals surface area contributed by atoms with Crippen molar-refractivity contribution < 1.29 is 14.3 Å². The molecule has 6 heteroatoms. The van der Waals surface area contributed by atoms with Gasteiger partial charge in [-0.05, 0) is 13.3 Å². The number of carbonyl (C=O) groups excluding carboxylic acids is 2. The maximum Gasteiger partial charge on any atom is 0.409 e. The third kappa shape index (κ3) is 5.36. The molecule has 0 radical (unpaired) electrons. The molecule has 0 N–H and O–H groups in total. The first-order chi connectivity index (χ1) is 9.58. The Bertz CT molecular complexity index is 315. The molecule has 0 bridgehead atoms. The fraction of sp³-hybridized carbons (Fsp3) is 0.857. The van der Waals surface area contributed by atoms with Crippen LogP contribution in [-0.4, -0.2) is 79.6 Å². The molecule has 0 saturated carbocycles. The van der Waals surface area contributed by atoms with Crippen molar-refractivity contribution in [2.75, 3.05) is 52.9 Å². The summed E-state index contributed by atoms with van der Waals surface area (Å²) in [5.41, 5.74) is 0. The maximum absolute atomic E-state index is 12.0. The van der Waals surface area contributed by atoms with Gasteiger partial charge in [0.15, 0.2) is 0 Å². The van der Waals surface area contributed by atoms with E-state index in [1.165, 1.54) is 0 Å². The van der Waals surface area contributed by atoms with Crippen LogP contribution in [0.15, 0.2) is 0 Å². The van der Waals surface area contributed by atoms with E-state index in [0.717, 1.165) is 32.5 Å². The van der Waals surface area contributed by atoms with E-state index >= 15 is 0 Å². The number of nitrogens with zero attached hydrogens (tertiary/aromatic N) is 3. The predicted molar refractivity (Wildman–Crippen MR) is 77.6 cm³/mol. The lowest BCUT2D eigenvalue weighted by Crippen LogP contribution is -2.51. The van der Waals surface area contributed by atoms with Gasteiger partial charge in [0, 0.05) is 39.8 Å². The van der Waals surface area contributed by atoms with Gasteiger partial charge in [0.25, 0.3) is 0 Å². The molecule has 0 aliphatic carbocycles. The number of hydrogen-bond acceptors (Lipinski definition) is 4. The Morgan fingerprint density at radius 1 is 1.15 bits per heavy atom. The molecule has 1 aliphatic heterocycles. The monoisotopic (exact) mass is 285 g/mol. The first kappa shape index (κ1) is 16.8. The van der Waals surface area contributed by atoms with Crippen molar-refractivity contribution in [1.82, 2.24) is 14.7 Å². The van der Waals surface area contributed by atoms with Crippen LogP contribution in [0, 0.1) is 0 Å². The van der Waals surface area contributed by atoms with Crippen LogP contribution in [0.4, 0.5) is 4.79 Å². The first-order valence-electron chi connectivity index (χ1n) is 7.46. The van der Waals surface area contributed by atoms with Crippen LogP contribution in [0.3, 0.4) is 0 Å². The van der Waals surface area contributed by atoms with Gasteiger partial charge in [-0.15, -0.1) is 0 Å². The Balaban J connectivity index is 2.28. The summed E-state index contributed by atoms with van der Waals surface area (Å²) in [5.74, 6) is 0.156. The molecule has 0 aromatic heterocycles. The van der Waals surface area contributed by atoms with Gasteiger partial charge in [0.05, 0.1) is 13.2 Å². The van der Waals surface area contributed by atoms with Crippen molar-refractivity contribution in [2.24, 2.45) is 0 Å². The smallest absolute Gasteiger partial charge is 0.409 e. The summed E-state index contributed by atoms with van der Waals surface area (Å²) in [6.07, 6.45) is 1.88.